The second kappa shape index (κ2) is 3.11. The molecule has 0 heterocycles. The van der Waals surface area contributed by atoms with Crippen molar-refractivity contribution in [2.24, 2.45) is 0 Å². The Bertz CT molecular complexity index is 198. The van der Waals surface area contributed by atoms with E-state index in [1.165, 1.54) is 28.1 Å². The predicted molar refractivity (Wildman–Crippen MR) is 40.3 cm³/mol. The number of nitrogens with two attached hydrogens (primary N) is 1. The van der Waals surface area contributed by atoms with Gasteiger partial charge in [0.15, 0.2) is 0 Å². The molecule has 1 nitrogen and oxygen atoms in total. The summed E-state index contributed by atoms with van der Waals surface area (Å²) in [4.78, 5) is 0. The van der Waals surface area contributed by atoms with E-state index in [2.05, 4.69) is 6.07 Å². The Morgan fingerprint density at radius 3 is 2.67 bits per heavy atom. The van der Waals surface area contributed by atoms with Crippen LogP contribution in [0.25, 0.3) is 0 Å². The average Bonchev–Trinajstić information content (AvgIpc) is 1.88. The molecule has 0 fully saturated rings. The molecule has 9 heavy (non-hydrogen) atoms. The molecule has 3 radical (unpaired) electrons. The SMILES string of the molecule is Nc1cccc([CH2][Sn])c1. The van der Waals surface area contributed by atoms with Crippen molar-refractivity contribution in [2.75, 3.05) is 5.73 Å². The molecule has 0 saturated carbocycles. The summed E-state index contributed by atoms with van der Waals surface area (Å²) in [6.07, 6.45) is 0. The molecule has 1 aromatic rings. The van der Waals surface area contributed by atoms with Gasteiger partial charge in [0, 0.05) is 0 Å². The van der Waals surface area contributed by atoms with Gasteiger partial charge in [-0.15, -0.1) is 0 Å². The van der Waals surface area contributed by atoms with E-state index in [9.17, 15) is 0 Å². The first-order valence-corrected chi connectivity index (χ1v) is 4.84. The fourth-order valence-electron chi connectivity index (χ4n) is 0.703. The molecule has 45 valence electrons. The second-order valence-corrected chi connectivity index (χ2v) is 2.93. The van der Waals surface area contributed by atoms with Crippen LogP contribution in [0.4, 0.5) is 5.69 Å². The predicted octanol–water partition coefficient (Wildman–Crippen LogP) is 0.937. The van der Waals surface area contributed by atoms with E-state index in [-0.39, 0.29) is 0 Å². The first-order chi connectivity index (χ1) is 4.33. The van der Waals surface area contributed by atoms with Crippen LogP contribution in [0.2, 0.25) is 0 Å². The van der Waals surface area contributed by atoms with Crippen molar-refractivity contribution in [1.29, 1.82) is 0 Å². The normalized spacial score (nSPS) is 9.44. The summed E-state index contributed by atoms with van der Waals surface area (Å²) in [5, 5.41) is 0. The van der Waals surface area contributed by atoms with Gasteiger partial charge in [0.1, 0.15) is 0 Å². The Hall–Kier alpha value is -0.181. The van der Waals surface area contributed by atoms with Gasteiger partial charge in [0.25, 0.3) is 0 Å². The van der Waals surface area contributed by atoms with Gasteiger partial charge < -0.3 is 0 Å². The number of hydrogen-bond donors (Lipinski definition) is 1. The van der Waals surface area contributed by atoms with Gasteiger partial charge in [-0.2, -0.15) is 0 Å². The molecule has 0 bridgehead atoms. The Labute approximate surface area is 68.3 Å². The van der Waals surface area contributed by atoms with Crippen LogP contribution in [-0.2, 0) is 4.44 Å². The third kappa shape index (κ3) is 1.90. The van der Waals surface area contributed by atoms with Crippen molar-refractivity contribution in [2.45, 2.75) is 4.44 Å². The number of rotatable bonds is 1. The molecule has 0 aliphatic rings. The first-order valence-electron chi connectivity index (χ1n) is 2.82. The summed E-state index contributed by atoms with van der Waals surface area (Å²) >= 11 is 1.54. The zero-order valence-corrected chi connectivity index (χ0v) is 7.95. The molecule has 0 unspecified atom stereocenters. The van der Waals surface area contributed by atoms with Gasteiger partial charge in [0.2, 0.25) is 0 Å². The summed E-state index contributed by atoms with van der Waals surface area (Å²) in [6.45, 7) is 0. The van der Waals surface area contributed by atoms with E-state index in [1.807, 2.05) is 18.2 Å². The van der Waals surface area contributed by atoms with Crippen molar-refractivity contribution < 1.29 is 0 Å². The molecule has 0 amide bonds. The van der Waals surface area contributed by atoms with Gasteiger partial charge >= 0.3 is 68.2 Å². The zero-order chi connectivity index (χ0) is 6.69. The number of anilines is 1. The van der Waals surface area contributed by atoms with Gasteiger partial charge in [0.05, 0.1) is 0 Å². The Kier molecular flexibility index (Phi) is 2.39. The maximum absolute atomic E-state index is 5.54. The van der Waals surface area contributed by atoms with E-state index >= 15 is 0 Å². The number of hydrogen-bond acceptors (Lipinski definition) is 1. The Balaban J connectivity index is 2.94. The van der Waals surface area contributed by atoms with E-state index in [0.29, 0.717) is 0 Å². The quantitative estimate of drug-likeness (QED) is 0.558. The van der Waals surface area contributed by atoms with Crippen LogP contribution in [0.3, 0.4) is 0 Å². The van der Waals surface area contributed by atoms with Gasteiger partial charge in [-0.25, -0.2) is 0 Å². The van der Waals surface area contributed by atoms with Crippen LogP contribution in [0, 0.1) is 0 Å². The molecule has 0 saturated heterocycles. The van der Waals surface area contributed by atoms with Crippen molar-refractivity contribution in [3.8, 4) is 0 Å². The molecule has 1 rings (SSSR count). The van der Waals surface area contributed by atoms with Gasteiger partial charge in [-0.05, 0) is 0 Å². The molecule has 0 atom stereocenters. The maximum atomic E-state index is 5.54. The molecule has 2 N–H and O–H groups in total. The summed E-state index contributed by atoms with van der Waals surface area (Å²) in [5.41, 5.74) is 7.76. The van der Waals surface area contributed by atoms with Crippen LogP contribution >= 0.6 is 0 Å². The third-order valence-electron chi connectivity index (χ3n) is 1.16. The fraction of sp³-hybridized carbons (Fsp3) is 0.143. The molecule has 0 aliphatic carbocycles. The van der Waals surface area contributed by atoms with Crippen LogP contribution in [0.5, 0.6) is 0 Å². The summed E-state index contributed by atoms with van der Waals surface area (Å²) < 4.78 is 1.15. The van der Waals surface area contributed by atoms with Crippen molar-refractivity contribution >= 4 is 28.2 Å². The molecule has 0 spiro atoms. The zero-order valence-electron chi connectivity index (χ0n) is 5.09. The third-order valence-corrected chi connectivity index (χ3v) is 2.32. The molecular weight excluding hydrogens is 217 g/mol. The molecular formula is C7H8NSn. The van der Waals surface area contributed by atoms with E-state index in [4.69, 9.17) is 5.73 Å². The Morgan fingerprint density at radius 1 is 1.44 bits per heavy atom. The van der Waals surface area contributed by atoms with E-state index in [1.54, 1.807) is 0 Å². The number of benzene rings is 1. The monoisotopic (exact) mass is 226 g/mol. The topological polar surface area (TPSA) is 26.0 Å². The van der Waals surface area contributed by atoms with Crippen LogP contribution in [0.15, 0.2) is 24.3 Å². The van der Waals surface area contributed by atoms with Crippen molar-refractivity contribution in [1.82, 2.24) is 0 Å². The number of nitrogen functional groups attached to an aromatic ring is 1. The van der Waals surface area contributed by atoms with E-state index in [0.717, 1.165) is 10.1 Å². The van der Waals surface area contributed by atoms with E-state index < -0.39 is 0 Å². The fourth-order valence-corrected chi connectivity index (χ4v) is 1.33. The molecule has 0 aliphatic heterocycles. The Morgan fingerprint density at radius 2 is 2.22 bits per heavy atom. The average molecular weight is 225 g/mol. The van der Waals surface area contributed by atoms with Gasteiger partial charge in [-0.3, -0.25) is 0 Å². The van der Waals surface area contributed by atoms with Crippen molar-refractivity contribution in [3.05, 3.63) is 29.8 Å². The van der Waals surface area contributed by atoms with Gasteiger partial charge in [-0.1, -0.05) is 0 Å². The second-order valence-electron chi connectivity index (χ2n) is 1.92. The summed E-state index contributed by atoms with van der Waals surface area (Å²) in [6, 6.07) is 8.03. The van der Waals surface area contributed by atoms with Crippen LogP contribution in [-0.4, -0.2) is 22.5 Å². The first kappa shape index (κ1) is 6.93. The molecule has 1 aromatic carbocycles. The molecule has 2 heteroatoms. The minimum atomic E-state index is 0.870. The van der Waals surface area contributed by atoms with Crippen molar-refractivity contribution in [3.63, 3.8) is 0 Å². The summed E-state index contributed by atoms with van der Waals surface area (Å²) in [5.74, 6) is 0. The summed E-state index contributed by atoms with van der Waals surface area (Å²) in [7, 11) is 0. The molecule has 0 aromatic heterocycles. The van der Waals surface area contributed by atoms with Crippen LogP contribution in [0.1, 0.15) is 5.56 Å². The standard InChI is InChI=1S/C7H8N.Sn/c1-6-3-2-4-7(8)5-6;/h2-5H,1,8H2;. The minimum absolute atomic E-state index is 0.870. The van der Waals surface area contributed by atoms with Crippen LogP contribution < -0.4 is 5.73 Å².